The van der Waals surface area contributed by atoms with Gasteiger partial charge in [-0.1, -0.05) is 24.3 Å². The molecular formula is C22H21N3O6S. The largest absolute Gasteiger partial charge is 0.450 e. The van der Waals surface area contributed by atoms with Crippen molar-refractivity contribution in [2.45, 2.75) is 18.7 Å². The molecule has 0 fully saturated rings. The van der Waals surface area contributed by atoms with Gasteiger partial charge in [0.2, 0.25) is 11.7 Å². The second kappa shape index (κ2) is 9.48. The van der Waals surface area contributed by atoms with Crippen molar-refractivity contribution < 1.29 is 22.9 Å². The Kier molecular flexibility index (Phi) is 6.74. The zero-order valence-electron chi connectivity index (χ0n) is 17.4. The van der Waals surface area contributed by atoms with Gasteiger partial charge < -0.3 is 10.1 Å². The first-order chi connectivity index (χ1) is 15.2. The average Bonchev–Trinajstić information content (AvgIpc) is 2.74. The van der Waals surface area contributed by atoms with Crippen LogP contribution in [0.4, 0.5) is 17.1 Å². The van der Waals surface area contributed by atoms with Crippen LogP contribution >= 0.6 is 0 Å². The van der Waals surface area contributed by atoms with Crippen molar-refractivity contribution in [2.24, 2.45) is 0 Å². The van der Waals surface area contributed by atoms with Crippen LogP contribution < -0.4 is 14.4 Å². The number of sulfonamides is 1. The minimum absolute atomic E-state index is 0.128. The molecule has 3 rings (SSSR count). The van der Waals surface area contributed by atoms with Gasteiger partial charge in [-0.05, 0) is 43.3 Å². The van der Waals surface area contributed by atoms with E-state index in [-0.39, 0.29) is 28.8 Å². The Labute approximate surface area is 185 Å². The van der Waals surface area contributed by atoms with E-state index >= 15 is 0 Å². The van der Waals surface area contributed by atoms with E-state index in [1.807, 2.05) is 0 Å². The lowest BCUT2D eigenvalue weighted by molar-refractivity contribution is -0.385. The Hall–Kier alpha value is -3.92. The molecule has 0 unspecified atom stereocenters. The fraction of sp³-hybridized carbons (Fsp3) is 0.136. The summed E-state index contributed by atoms with van der Waals surface area (Å²) in [5.41, 5.74) is 0.409. The lowest BCUT2D eigenvalue weighted by atomic mass is 10.2. The molecule has 0 bridgehead atoms. The van der Waals surface area contributed by atoms with Crippen LogP contribution in [-0.2, 0) is 14.8 Å². The number of anilines is 2. The highest BCUT2D eigenvalue weighted by Crippen LogP contribution is 2.35. The van der Waals surface area contributed by atoms with Gasteiger partial charge in [-0.15, -0.1) is 0 Å². The van der Waals surface area contributed by atoms with E-state index in [4.69, 9.17) is 4.74 Å². The van der Waals surface area contributed by atoms with Crippen molar-refractivity contribution in [3.63, 3.8) is 0 Å². The molecule has 3 aromatic carbocycles. The van der Waals surface area contributed by atoms with Gasteiger partial charge in [-0.3, -0.25) is 19.2 Å². The molecule has 1 amide bonds. The Balaban J connectivity index is 1.98. The molecule has 3 aromatic rings. The SMILES string of the molecule is CCN(c1ccccc1)S(=O)(=O)c1ccc(Oc2cccc(NC(C)=O)c2)c([N+](=O)[O-])c1. The number of nitro benzene ring substituents is 1. The summed E-state index contributed by atoms with van der Waals surface area (Å²) < 4.78 is 33.2. The molecule has 0 atom stereocenters. The molecule has 0 aliphatic heterocycles. The number of nitrogens with zero attached hydrogens (tertiary/aromatic N) is 2. The zero-order valence-corrected chi connectivity index (χ0v) is 18.2. The average molecular weight is 455 g/mol. The van der Waals surface area contributed by atoms with Crippen LogP contribution in [0.5, 0.6) is 11.5 Å². The Morgan fingerprint density at radius 1 is 1.06 bits per heavy atom. The molecule has 0 heterocycles. The number of ether oxygens (including phenoxy) is 1. The van der Waals surface area contributed by atoms with Gasteiger partial charge in [0.1, 0.15) is 5.75 Å². The van der Waals surface area contributed by atoms with Gasteiger partial charge in [0.05, 0.1) is 15.5 Å². The van der Waals surface area contributed by atoms with E-state index in [2.05, 4.69) is 5.32 Å². The molecule has 9 nitrogen and oxygen atoms in total. The number of hydrogen-bond acceptors (Lipinski definition) is 6. The van der Waals surface area contributed by atoms with Gasteiger partial charge in [0, 0.05) is 31.3 Å². The molecule has 0 aliphatic carbocycles. The molecule has 10 heteroatoms. The van der Waals surface area contributed by atoms with Crippen LogP contribution in [0.3, 0.4) is 0 Å². The minimum atomic E-state index is -4.04. The standard InChI is InChI=1S/C22H21N3O6S/c1-3-24(18-9-5-4-6-10-18)32(29,30)20-12-13-22(21(15-20)25(27)28)31-19-11-7-8-17(14-19)23-16(2)26/h4-15H,3H2,1-2H3,(H,23,26). The van der Waals surface area contributed by atoms with Crippen molar-refractivity contribution in [3.05, 3.63) is 82.9 Å². The Morgan fingerprint density at radius 2 is 1.78 bits per heavy atom. The lowest BCUT2D eigenvalue weighted by Crippen LogP contribution is -2.30. The number of amides is 1. The highest BCUT2D eigenvalue weighted by atomic mass is 32.2. The smallest absolute Gasteiger partial charge is 0.312 e. The summed E-state index contributed by atoms with van der Waals surface area (Å²) in [7, 11) is -4.04. The number of rotatable bonds is 8. The fourth-order valence-corrected chi connectivity index (χ4v) is 4.56. The maximum absolute atomic E-state index is 13.2. The summed E-state index contributed by atoms with van der Waals surface area (Å²) in [6.45, 7) is 3.18. The maximum Gasteiger partial charge on any atom is 0.312 e. The third kappa shape index (κ3) is 5.03. The van der Waals surface area contributed by atoms with E-state index in [0.717, 1.165) is 6.07 Å². The molecule has 0 saturated heterocycles. The third-order valence-electron chi connectivity index (χ3n) is 4.43. The molecule has 0 aliphatic rings. The first kappa shape index (κ1) is 22.8. The molecule has 166 valence electrons. The van der Waals surface area contributed by atoms with Crippen LogP contribution in [0.1, 0.15) is 13.8 Å². The first-order valence-electron chi connectivity index (χ1n) is 9.64. The molecule has 32 heavy (non-hydrogen) atoms. The number of para-hydroxylation sites is 1. The van der Waals surface area contributed by atoms with E-state index in [1.165, 1.54) is 29.4 Å². The summed E-state index contributed by atoms with van der Waals surface area (Å²) in [4.78, 5) is 22.0. The van der Waals surface area contributed by atoms with Crippen LogP contribution in [-0.4, -0.2) is 25.8 Å². The summed E-state index contributed by atoms with van der Waals surface area (Å²) in [5.74, 6) is -0.160. The van der Waals surface area contributed by atoms with Gasteiger partial charge in [-0.2, -0.15) is 0 Å². The predicted molar refractivity (Wildman–Crippen MR) is 121 cm³/mol. The van der Waals surface area contributed by atoms with E-state index < -0.39 is 20.6 Å². The molecule has 0 radical (unpaired) electrons. The summed E-state index contributed by atoms with van der Waals surface area (Å²) in [6.07, 6.45) is 0. The predicted octanol–water partition coefficient (Wildman–Crippen LogP) is 4.56. The molecular weight excluding hydrogens is 434 g/mol. The minimum Gasteiger partial charge on any atom is -0.450 e. The van der Waals surface area contributed by atoms with Crippen molar-refractivity contribution in [1.82, 2.24) is 0 Å². The Bertz CT molecular complexity index is 1250. The lowest BCUT2D eigenvalue weighted by Gasteiger charge is -2.23. The van der Waals surface area contributed by atoms with Crippen LogP contribution in [0, 0.1) is 10.1 Å². The number of carbonyl (C=O) groups is 1. The third-order valence-corrected chi connectivity index (χ3v) is 6.33. The number of nitrogens with one attached hydrogen (secondary N) is 1. The van der Waals surface area contributed by atoms with E-state index in [0.29, 0.717) is 11.4 Å². The second-order valence-corrected chi connectivity index (χ2v) is 8.57. The first-order valence-corrected chi connectivity index (χ1v) is 11.1. The second-order valence-electron chi connectivity index (χ2n) is 6.70. The summed E-state index contributed by atoms with van der Waals surface area (Å²) in [5, 5.41) is 14.3. The van der Waals surface area contributed by atoms with Gasteiger partial charge >= 0.3 is 5.69 Å². The van der Waals surface area contributed by atoms with E-state index in [9.17, 15) is 23.3 Å². The van der Waals surface area contributed by atoms with E-state index in [1.54, 1.807) is 55.5 Å². The van der Waals surface area contributed by atoms with Crippen LogP contribution in [0.15, 0.2) is 77.7 Å². The fourth-order valence-electron chi connectivity index (χ4n) is 3.07. The highest BCUT2D eigenvalue weighted by Gasteiger charge is 2.27. The molecule has 0 spiro atoms. The summed E-state index contributed by atoms with van der Waals surface area (Å²) in [6, 6.07) is 18.3. The van der Waals surface area contributed by atoms with Crippen molar-refractivity contribution in [1.29, 1.82) is 0 Å². The van der Waals surface area contributed by atoms with Crippen molar-refractivity contribution in [2.75, 3.05) is 16.2 Å². The van der Waals surface area contributed by atoms with Gasteiger partial charge in [-0.25, -0.2) is 8.42 Å². The normalized spacial score (nSPS) is 10.9. The summed E-state index contributed by atoms with van der Waals surface area (Å²) >= 11 is 0. The van der Waals surface area contributed by atoms with Crippen molar-refractivity contribution in [3.8, 4) is 11.5 Å². The quantitative estimate of drug-likeness (QED) is 0.393. The monoisotopic (exact) mass is 455 g/mol. The topological polar surface area (TPSA) is 119 Å². The molecule has 1 N–H and O–H groups in total. The highest BCUT2D eigenvalue weighted by molar-refractivity contribution is 7.92. The maximum atomic E-state index is 13.2. The number of nitro groups is 1. The van der Waals surface area contributed by atoms with Crippen LogP contribution in [0.25, 0.3) is 0 Å². The molecule has 0 saturated carbocycles. The van der Waals surface area contributed by atoms with Crippen molar-refractivity contribution >= 4 is 33.0 Å². The van der Waals surface area contributed by atoms with Gasteiger partial charge in [0.15, 0.2) is 0 Å². The molecule has 0 aromatic heterocycles. The zero-order chi connectivity index (χ0) is 23.3. The number of benzene rings is 3. The number of carbonyl (C=O) groups excluding carboxylic acids is 1. The Morgan fingerprint density at radius 3 is 2.41 bits per heavy atom. The van der Waals surface area contributed by atoms with Crippen LogP contribution in [0.2, 0.25) is 0 Å². The number of hydrogen-bond donors (Lipinski definition) is 1. The van der Waals surface area contributed by atoms with Gasteiger partial charge in [0.25, 0.3) is 10.0 Å².